The second-order valence-corrected chi connectivity index (χ2v) is 7.35. The highest BCUT2D eigenvalue weighted by molar-refractivity contribution is 5.79. The molecule has 25 heavy (non-hydrogen) atoms. The summed E-state index contributed by atoms with van der Waals surface area (Å²) in [6.07, 6.45) is 5.58. The normalized spacial score (nSPS) is 20.9. The van der Waals surface area contributed by atoms with E-state index in [4.69, 9.17) is 9.05 Å². The molecule has 2 fully saturated rings. The zero-order valence-electron chi connectivity index (χ0n) is 14.8. The number of hydrogen-bond donors (Lipinski definition) is 0. The first-order chi connectivity index (χ1) is 12.1. The summed E-state index contributed by atoms with van der Waals surface area (Å²) < 4.78 is 10.6. The van der Waals surface area contributed by atoms with Crippen molar-refractivity contribution in [3.63, 3.8) is 0 Å². The van der Waals surface area contributed by atoms with Crippen LogP contribution in [-0.2, 0) is 17.6 Å². The van der Waals surface area contributed by atoms with Crippen LogP contribution in [0.25, 0.3) is 0 Å². The molecule has 0 N–H and O–H groups in total. The Morgan fingerprint density at radius 2 is 2.04 bits per heavy atom. The lowest BCUT2D eigenvalue weighted by Gasteiger charge is -2.32. The summed E-state index contributed by atoms with van der Waals surface area (Å²) in [7, 11) is 0. The van der Waals surface area contributed by atoms with Crippen molar-refractivity contribution in [3.8, 4) is 0 Å². The van der Waals surface area contributed by atoms with Crippen LogP contribution >= 0.6 is 0 Å². The zero-order chi connectivity index (χ0) is 17.4. The van der Waals surface area contributed by atoms with Crippen LogP contribution in [0.2, 0.25) is 0 Å². The Hall–Kier alpha value is -2.18. The number of carbonyl (C=O) groups excluding carboxylic acids is 1. The summed E-state index contributed by atoms with van der Waals surface area (Å²) >= 11 is 0. The van der Waals surface area contributed by atoms with Crippen LogP contribution in [0.3, 0.4) is 0 Å². The van der Waals surface area contributed by atoms with E-state index in [0.29, 0.717) is 24.1 Å². The number of rotatable bonds is 5. The van der Waals surface area contributed by atoms with Gasteiger partial charge in [-0.15, -0.1) is 0 Å². The van der Waals surface area contributed by atoms with Crippen LogP contribution in [0.4, 0.5) is 0 Å². The molecule has 1 aliphatic heterocycles. The number of hydrogen-bond acceptors (Lipinski definition) is 6. The Morgan fingerprint density at radius 1 is 1.20 bits per heavy atom. The predicted molar refractivity (Wildman–Crippen MR) is 89.0 cm³/mol. The molecule has 134 valence electrons. The van der Waals surface area contributed by atoms with Crippen LogP contribution in [0.1, 0.15) is 60.3 Å². The van der Waals surface area contributed by atoms with Gasteiger partial charge in [0.15, 0.2) is 5.82 Å². The second-order valence-electron chi connectivity index (χ2n) is 7.35. The van der Waals surface area contributed by atoms with Crippen molar-refractivity contribution in [3.05, 3.63) is 28.7 Å². The number of aryl methyl sites for hydroxylation is 2. The lowest BCUT2D eigenvalue weighted by molar-refractivity contribution is -0.132. The molecule has 1 amide bonds. The average molecular weight is 344 g/mol. The van der Waals surface area contributed by atoms with E-state index in [1.54, 1.807) is 0 Å². The van der Waals surface area contributed by atoms with Crippen molar-refractivity contribution >= 4 is 5.91 Å². The summed E-state index contributed by atoms with van der Waals surface area (Å²) in [5.74, 6) is 3.34. The maximum Gasteiger partial charge on any atom is 0.227 e. The Balaban J connectivity index is 1.35. The third kappa shape index (κ3) is 3.60. The largest absolute Gasteiger partial charge is 0.361 e. The minimum Gasteiger partial charge on any atom is -0.361 e. The number of nitrogens with zero attached hydrogens (tertiary/aromatic N) is 4. The van der Waals surface area contributed by atoms with Crippen LogP contribution in [0.5, 0.6) is 0 Å². The number of likely N-dealkylation sites (tertiary alicyclic amines) is 1. The van der Waals surface area contributed by atoms with Gasteiger partial charge in [0.25, 0.3) is 0 Å². The number of carbonyl (C=O) groups is 1. The van der Waals surface area contributed by atoms with Crippen molar-refractivity contribution in [2.45, 2.75) is 58.3 Å². The molecule has 0 radical (unpaired) electrons. The van der Waals surface area contributed by atoms with Gasteiger partial charge in [-0.25, -0.2) is 0 Å². The van der Waals surface area contributed by atoms with E-state index in [9.17, 15) is 4.79 Å². The monoisotopic (exact) mass is 344 g/mol. The molecule has 0 aromatic carbocycles. The average Bonchev–Trinajstić information content (AvgIpc) is 3.29. The summed E-state index contributed by atoms with van der Waals surface area (Å²) in [6, 6.07) is 0. The predicted octanol–water partition coefficient (Wildman–Crippen LogP) is 2.58. The summed E-state index contributed by atoms with van der Waals surface area (Å²) in [5.41, 5.74) is 1.72. The summed E-state index contributed by atoms with van der Waals surface area (Å²) in [5, 5.41) is 8.02. The van der Waals surface area contributed by atoms with Gasteiger partial charge in [0.05, 0.1) is 12.1 Å². The smallest absolute Gasteiger partial charge is 0.227 e. The zero-order valence-corrected chi connectivity index (χ0v) is 14.8. The highest BCUT2D eigenvalue weighted by Gasteiger charge is 2.30. The molecule has 1 aliphatic carbocycles. The molecule has 1 saturated carbocycles. The summed E-state index contributed by atoms with van der Waals surface area (Å²) in [6.45, 7) is 5.30. The van der Waals surface area contributed by atoms with Crippen molar-refractivity contribution in [2.75, 3.05) is 13.1 Å². The molecule has 1 atom stereocenters. The Bertz CT molecular complexity index is 743. The number of aromatic nitrogens is 3. The molecule has 7 heteroatoms. The van der Waals surface area contributed by atoms with Crippen molar-refractivity contribution in [2.24, 2.45) is 5.92 Å². The first kappa shape index (κ1) is 16.3. The lowest BCUT2D eigenvalue weighted by Crippen LogP contribution is -2.41. The highest BCUT2D eigenvalue weighted by atomic mass is 16.5. The molecule has 2 aromatic rings. The van der Waals surface area contributed by atoms with Gasteiger partial charge < -0.3 is 13.9 Å². The van der Waals surface area contributed by atoms with E-state index >= 15 is 0 Å². The maximum absolute atomic E-state index is 12.7. The fourth-order valence-electron chi connectivity index (χ4n) is 3.58. The molecule has 1 saturated heterocycles. The highest BCUT2D eigenvalue weighted by Crippen LogP contribution is 2.38. The molecular weight excluding hydrogens is 320 g/mol. The topological polar surface area (TPSA) is 85.3 Å². The molecule has 2 aromatic heterocycles. The van der Waals surface area contributed by atoms with Gasteiger partial charge in [0, 0.05) is 31.0 Å². The van der Waals surface area contributed by atoms with Crippen LogP contribution in [0, 0.1) is 19.8 Å². The van der Waals surface area contributed by atoms with Crippen LogP contribution in [-0.4, -0.2) is 39.2 Å². The maximum atomic E-state index is 12.7. The molecule has 1 unspecified atom stereocenters. The van der Waals surface area contributed by atoms with Gasteiger partial charge in [-0.3, -0.25) is 4.79 Å². The van der Waals surface area contributed by atoms with Crippen LogP contribution in [0.15, 0.2) is 9.05 Å². The van der Waals surface area contributed by atoms with Gasteiger partial charge in [-0.05, 0) is 45.4 Å². The lowest BCUT2D eigenvalue weighted by atomic mass is 9.94. The first-order valence-corrected chi connectivity index (χ1v) is 9.12. The Labute approximate surface area is 146 Å². The van der Waals surface area contributed by atoms with Gasteiger partial charge in [-0.1, -0.05) is 10.3 Å². The van der Waals surface area contributed by atoms with Crippen molar-refractivity contribution in [1.29, 1.82) is 0 Å². The van der Waals surface area contributed by atoms with Gasteiger partial charge >= 0.3 is 0 Å². The molecule has 2 aliphatic rings. The van der Waals surface area contributed by atoms with E-state index < -0.39 is 0 Å². The molecule has 4 rings (SSSR count). The van der Waals surface area contributed by atoms with E-state index in [2.05, 4.69) is 15.3 Å². The molecular formula is C18H24N4O3. The molecule has 3 heterocycles. The van der Waals surface area contributed by atoms with Crippen molar-refractivity contribution < 1.29 is 13.8 Å². The van der Waals surface area contributed by atoms with Gasteiger partial charge in [0.1, 0.15) is 5.76 Å². The quantitative estimate of drug-likeness (QED) is 0.829. The minimum absolute atomic E-state index is 0.142. The molecule has 0 bridgehead atoms. The molecule has 0 spiro atoms. The third-order valence-electron chi connectivity index (χ3n) is 5.27. The number of amides is 1. The standard InChI is InChI=1S/C18H24N4O3/c1-11-15(12(2)24-20-11)9-17(23)22-7-3-4-13(10-22)8-16-19-18(21-25-16)14-5-6-14/h13-14H,3-10H2,1-2H3. The van der Waals surface area contributed by atoms with Gasteiger partial charge in [0.2, 0.25) is 11.8 Å². The van der Waals surface area contributed by atoms with E-state index in [0.717, 1.165) is 55.2 Å². The SMILES string of the molecule is Cc1noc(C)c1CC(=O)N1CCCC(Cc2nc(C3CC3)no2)C1. The minimum atomic E-state index is 0.142. The molecule has 7 nitrogen and oxygen atoms in total. The second kappa shape index (κ2) is 6.61. The van der Waals surface area contributed by atoms with Crippen molar-refractivity contribution in [1.82, 2.24) is 20.2 Å². The summed E-state index contributed by atoms with van der Waals surface area (Å²) in [4.78, 5) is 19.1. The van der Waals surface area contributed by atoms with E-state index in [1.165, 1.54) is 12.8 Å². The van der Waals surface area contributed by atoms with Crippen LogP contribution < -0.4 is 0 Å². The van der Waals surface area contributed by atoms with E-state index in [-0.39, 0.29) is 5.91 Å². The first-order valence-electron chi connectivity index (χ1n) is 9.12. The Morgan fingerprint density at radius 3 is 2.76 bits per heavy atom. The fourth-order valence-corrected chi connectivity index (χ4v) is 3.58. The Kier molecular flexibility index (Phi) is 4.31. The van der Waals surface area contributed by atoms with E-state index in [1.807, 2.05) is 18.7 Å². The third-order valence-corrected chi connectivity index (χ3v) is 5.27. The fraction of sp³-hybridized carbons (Fsp3) is 0.667. The number of piperidine rings is 1. The van der Waals surface area contributed by atoms with Gasteiger partial charge in [-0.2, -0.15) is 4.98 Å².